The van der Waals surface area contributed by atoms with E-state index in [1.165, 1.54) is 0 Å². The number of halogens is 1. The molecule has 2 aromatic heterocycles. The number of benzene rings is 1. The molecule has 0 radical (unpaired) electrons. The van der Waals surface area contributed by atoms with E-state index in [1.54, 1.807) is 18.6 Å². The number of aryl methyl sites for hydroxylation is 1. The number of hydrogen-bond donors (Lipinski definition) is 0. The number of hydrogen-bond acceptors (Lipinski definition) is 7. The summed E-state index contributed by atoms with van der Waals surface area (Å²) in [5.74, 6) is 1.84. The van der Waals surface area contributed by atoms with Crippen molar-refractivity contribution in [1.29, 1.82) is 5.26 Å². The lowest BCUT2D eigenvalue weighted by molar-refractivity contribution is 0.235. The predicted octanol–water partition coefficient (Wildman–Crippen LogP) is 3.24. The van der Waals surface area contributed by atoms with Crippen LogP contribution in [-0.2, 0) is 6.54 Å². The maximum atomic E-state index is 13.9. The van der Waals surface area contributed by atoms with Crippen LogP contribution in [0.1, 0.15) is 42.4 Å². The molecule has 1 aromatic carbocycles. The molecule has 0 aliphatic carbocycles. The van der Waals surface area contributed by atoms with Crippen molar-refractivity contribution in [3.8, 4) is 11.8 Å². The first-order chi connectivity index (χ1) is 16.9. The summed E-state index contributed by atoms with van der Waals surface area (Å²) in [6, 6.07) is 9.79. The van der Waals surface area contributed by atoms with Crippen molar-refractivity contribution in [2.45, 2.75) is 33.2 Å². The van der Waals surface area contributed by atoms with Crippen LogP contribution in [0.4, 0.5) is 10.2 Å². The van der Waals surface area contributed by atoms with Crippen molar-refractivity contribution in [2.24, 2.45) is 0 Å². The molecule has 0 amide bonds. The topological polar surface area (TPSA) is 87.3 Å². The van der Waals surface area contributed by atoms with E-state index in [1.807, 2.05) is 43.0 Å². The van der Waals surface area contributed by atoms with Gasteiger partial charge in [-0.15, -0.1) is 0 Å². The Bertz CT molecular complexity index is 1300. The number of nitriles is 1. The third kappa shape index (κ3) is 4.84. The number of anilines is 1. The minimum Gasteiger partial charge on any atom is -0.497 e. The monoisotopic (exact) mass is 478 g/mol. The number of pyridine rings is 1. The summed E-state index contributed by atoms with van der Waals surface area (Å²) in [5, 5.41) is 10.5. The van der Waals surface area contributed by atoms with Crippen molar-refractivity contribution < 1.29 is 9.13 Å². The van der Waals surface area contributed by atoms with Gasteiger partial charge in [-0.3, -0.25) is 14.3 Å². The molecule has 1 aliphatic heterocycles. The highest BCUT2D eigenvalue weighted by Gasteiger charge is 2.27. The molecule has 3 heterocycles. The Balaban J connectivity index is 1.85. The highest BCUT2D eigenvalue weighted by Crippen LogP contribution is 2.30. The number of fused-ring (bicyclic) bond motifs is 1. The van der Waals surface area contributed by atoms with Crippen molar-refractivity contribution in [3.05, 3.63) is 57.3 Å². The van der Waals surface area contributed by atoms with Gasteiger partial charge in [0.15, 0.2) is 0 Å². The molecule has 0 saturated carbocycles. The van der Waals surface area contributed by atoms with Gasteiger partial charge in [0, 0.05) is 32.7 Å². The first-order valence-corrected chi connectivity index (χ1v) is 11.9. The van der Waals surface area contributed by atoms with Gasteiger partial charge in [-0.25, -0.2) is 14.4 Å². The van der Waals surface area contributed by atoms with Crippen molar-refractivity contribution in [1.82, 2.24) is 19.4 Å². The predicted molar refractivity (Wildman–Crippen MR) is 134 cm³/mol. The Morgan fingerprint density at radius 3 is 2.40 bits per heavy atom. The van der Waals surface area contributed by atoms with Crippen LogP contribution < -0.4 is 15.2 Å². The largest absolute Gasteiger partial charge is 0.497 e. The highest BCUT2D eigenvalue weighted by molar-refractivity contribution is 5.90. The SMILES string of the molecule is COc1ccc(Cn2c(C)nc3c(C(C)C)nc(N4CCN(CCF)CC4)c(C#N)c3c2=O)cc1. The van der Waals surface area contributed by atoms with E-state index in [0.29, 0.717) is 67.5 Å². The normalized spacial score (nSPS) is 14.5. The van der Waals surface area contributed by atoms with Crippen molar-refractivity contribution >= 4 is 16.7 Å². The molecule has 1 fully saturated rings. The number of nitrogens with zero attached hydrogens (tertiary/aromatic N) is 6. The van der Waals surface area contributed by atoms with Gasteiger partial charge in [-0.2, -0.15) is 5.26 Å². The lowest BCUT2D eigenvalue weighted by Crippen LogP contribution is -2.47. The quantitative estimate of drug-likeness (QED) is 0.515. The summed E-state index contributed by atoms with van der Waals surface area (Å²) in [5.41, 5.74) is 2.13. The fraction of sp³-hybridized carbons (Fsp3) is 0.462. The lowest BCUT2D eigenvalue weighted by atomic mass is 10.0. The highest BCUT2D eigenvalue weighted by atomic mass is 19.1. The minimum absolute atomic E-state index is 0.0144. The molecule has 184 valence electrons. The number of ether oxygens (including phenoxy) is 1. The summed E-state index contributed by atoms with van der Waals surface area (Å²) in [6.07, 6.45) is 0. The maximum Gasteiger partial charge on any atom is 0.263 e. The van der Waals surface area contributed by atoms with Crippen LogP contribution in [0, 0.1) is 18.3 Å². The zero-order valence-corrected chi connectivity index (χ0v) is 20.7. The number of rotatable bonds is 7. The average molecular weight is 479 g/mol. The molecule has 0 spiro atoms. The lowest BCUT2D eigenvalue weighted by Gasteiger charge is -2.35. The summed E-state index contributed by atoms with van der Waals surface area (Å²) in [7, 11) is 1.61. The van der Waals surface area contributed by atoms with Crippen LogP contribution in [0.25, 0.3) is 10.9 Å². The molecule has 0 atom stereocenters. The maximum absolute atomic E-state index is 13.9. The van der Waals surface area contributed by atoms with Gasteiger partial charge < -0.3 is 9.64 Å². The Kier molecular flexibility index (Phi) is 7.31. The van der Waals surface area contributed by atoms with E-state index in [9.17, 15) is 14.4 Å². The number of alkyl halides is 1. The summed E-state index contributed by atoms with van der Waals surface area (Å²) >= 11 is 0. The smallest absolute Gasteiger partial charge is 0.263 e. The first kappa shape index (κ1) is 24.6. The van der Waals surface area contributed by atoms with Gasteiger partial charge in [0.2, 0.25) is 0 Å². The molecular weight excluding hydrogens is 447 g/mol. The molecule has 0 unspecified atom stereocenters. The van der Waals surface area contributed by atoms with Crippen molar-refractivity contribution in [2.75, 3.05) is 51.4 Å². The zero-order valence-electron chi connectivity index (χ0n) is 20.7. The van der Waals surface area contributed by atoms with Crippen LogP contribution in [0.5, 0.6) is 5.75 Å². The molecule has 3 aromatic rings. The Morgan fingerprint density at radius 2 is 1.83 bits per heavy atom. The Morgan fingerprint density at radius 1 is 1.14 bits per heavy atom. The first-order valence-electron chi connectivity index (χ1n) is 11.9. The van der Waals surface area contributed by atoms with Gasteiger partial charge in [-0.05, 0) is 30.5 Å². The second-order valence-corrected chi connectivity index (χ2v) is 9.10. The van der Waals surface area contributed by atoms with Crippen LogP contribution >= 0.6 is 0 Å². The zero-order chi connectivity index (χ0) is 25.1. The van der Waals surface area contributed by atoms with Crippen LogP contribution in [0.3, 0.4) is 0 Å². The summed E-state index contributed by atoms with van der Waals surface area (Å²) in [6.45, 7) is 8.77. The number of methoxy groups -OCH3 is 1. The summed E-state index contributed by atoms with van der Waals surface area (Å²) in [4.78, 5) is 27.6. The molecule has 4 rings (SSSR count). The standard InChI is InChI=1S/C26H31FN6O2/c1-17(2)23-24-22(21(15-28)25(30-23)32-13-11-31(10-9-27)12-14-32)26(34)33(18(3)29-24)16-19-5-7-20(35-4)8-6-19/h5-8,17H,9-14,16H2,1-4H3. The third-order valence-electron chi connectivity index (χ3n) is 6.53. The Labute approximate surface area is 204 Å². The number of piperazine rings is 1. The number of aromatic nitrogens is 3. The molecular formula is C26H31FN6O2. The third-order valence-corrected chi connectivity index (χ3v) is 6.53. The van der Waals surface area contributed by atoms with E-state index in [0.717, 1.165) is 11.3 Å². The fourth-order valence-corrected chi connectivity index (χ4v) is 4.55. The molecule has 0 bridgehead atoms. The average Bonchev–Trinajstić information content (AvgIpc) is 2.86. The second-order valence-electron chi connectivity index (χ2n) is 9.10. The minimum atomic E-state index is -0.381. The second kappa shape index (κ2) is 10.4. The fourth-order valence-electron chi connectivity index (χ4n) is 4.55. The van der Waals surface area contributed by atoms with Crippen LogP contribution in [0.15, 0.2) is 29.1 Å². The molecule has 0 N–H and O–H groups in total. The van der Waals surface area contributed by atoms with E-state index in [4.69, 9.17) is 14.7 Å². The molecule has 1 saturated heterocycles. The molecule has 9 heteroatoms. The van der Waals surface area contributed by atoms with E-state index >= 15 is 0 Å². The van der Waals surface area contributed by atoms with Gasteiger partial charge >= 0.3 is 0 Å². The van der Waals surface area contributed by atoms with Crippen LogP contribution in [0.2, 0.25) is 0 Å². The molecule has 35 heavy (non-hydrogen) atoms. The van der Waals surface area contributed by atoms with E-state index < -0.39 is 0 Å². The Hall–Kier alpha value is -3.51. The molecule has 8 nitrogen and oxygen atoms in total. The van der Waals surface area contributed by atoms with Crippen molar-refractivity contribution in [3.63, 3.8) is 0 Å². The van der Waals surface area contributed by atoms with Crippen LogP contribution in [-0.4, -0.2) is 65.9 Å². The van der Waals surface area contributed by atoms with Gasteiger partial charge in [0.25, 0.3) is 5.56 Å². The van der Waals surface area contributed by atoms with Gasteiger partial charge in [0.05, 0.1) is 24.7 Å². The van der Waals surface area contributed by atoms with Gasteiger partial charge in [-0.1, -0.05) is 26.0 Å². The van der Waals surface area contributed by atoms with E-state index in [2.05, 4.69) is 11.0 Å². The van der Waals surface area contributed by atoms with Gasteiger partial charge in [0.1, 0.15) is 41.2 Å². The summed E-state index contributed by atoms with van der Waals surface area (Å²) < 4.78 is 19.6. The van der Waals surface area contributed by atoms with E-state index in [-0.39, 0.29) is 23.7 Å². The molecule has 1 aliphatic rings.